The zero-order valence-corrected chi connectivity index (χ0v) is 11.3. The Morgan fingerprint density at radius 3 is 2.35 bits per heavy atom. The lowest BCUT2D eigenvalue weighted by Crippen LogP contribution is -2.38. The molecule has 0 bridgehead atoms. The molecule has 1 rings (SSSR count). The number of nitrogens with one attached hydrogen (secondary N) is 1. The first-order valence-corrected chi connectivity index (χ1v) is 7.02. The standard InChI is InChI=1S/C13H22ClNO2/c1-10(16)11-5-7-12(8-6-11)15-13(17)4-2-3-9-14/h11-12H,2-9H2,1H3,(H,15,17). The lowest BCUT2D eigenvalue weighted by molar-refractivity contribution is -0.122. The number of hydrogen-bond donors (Lipinski definition) is 1. The van der Waals surface area contributed by atoms with Gasteiger partial charge in [-0.25, -0.2) is 0 Å². The highest BCUT2D eigenvalue weighted by Crippen LogP contribution is 2.24. The van der Waals surface area contributed by atoms with Crippen molar-refractivity contribution >= 4 is 23.3 Å². The van der Waals surface area contributed by atoms with Gasteiger partial charge in [0.2, 0.25) is 5.91 Å². The number of ketones is 1. The largest absolute Gasteiger partial charge is 0.353 e. The number of halogens is 1. The average Bonchev–Trinajstić information content (AvgIpc) is 2.30. The smallest absolute Gasteiger partial charge is 0.220 e. The van der Waals surface area contributed by atoms with Crippen molar-refractivity contribution in [2.75, 3.05) is 5.88 Å². The van der Waals surface area contributed by atoms with E-state index in [0.717, 1.165) is 38.5 Å². The van der Waals surface area contributed by atoms with Gasteiger partial charge < -0.3 is 5.32 Å². The Hall–Kier alpha value is -0.570. The van der Waals surface area contributed by atoms with E-state index in [4.69, 9.17) is 11.6 Å². The molecule has 0 saturated heterocycles. The predicted octanol–water partition coefficient (Wildman–Crippen LogP) is 2.66. The van der Waals surface area contributed by atoms with Gasteiger partial charge in [-0.05, 0) is 45.4 Å². The minimum absolute atomic E-state index is 0.126. The highest BCUT2D eigenvalue weighted by molar-refractivity contribution is 6.17. The predicted molar refractivity (Wildman–Crippen MR) is 69.1 cm³/mol. The lowest BCUT2D eigenvalue weighted by Gasteiger charge is -2.27. The van der Waals surface area contributed by atoms with Gasteiger partial charge in [0.15, 0.2) is 0 Å². The van der Waals surface area contributed by atoms with Crippen molar-refractivity contribution in [1.29, 1.82) is 0 Å². The van der Waals surface area contributed by atoms with E-state index in [0.29, 0.717) is 12.3 Å². The zero-order chi connectivity index (χ0) is 12.7. The van der Waals surface area contributed by atoms with E-state index in [1.54, 1.807) is 6.92 Å². The molecule has 1 saturated carbocycles. The summed E-state index contributed by atoms with van der Waals surface area (Å²) in [7, 11) is 0. The van der Waals surface area contributed by atoms with Crippen molar-refractivity contribution in [3.8, 4) is 0 Å². The van der Waals surface area contributed by atoms with Crippen molar-refractivity contribution in [2.24, 2.45) is 5.92 Å². The third-order valence-corrected chi connectivity index (χ3v) is 3.72. The Bertz CT molecular complexity index is 260. The van der Waals surface area contributed by atoms with Crippen LogP contribution >= 0.6 is 11.6 Å². The summed E-state index contributed by atoms with van der Waals surface area (Å²) in [6.45, 7) is 1.66. The Balaban J connectivity index is 2.17. The van der Waals surface area contributed by atoms with Crippen LogP contribution in [0.25, 0.3) is 0 Å². The second kappa shape index (κ2) is 7.70. The molecule has 17 heavy (non-hydrogen) atoms. The monoisotopic (exact) mass is 259 g/mol. The second-order valence-corrected chi connectivity index (χ2v) is 5.25. The summed E-state index contributed by atoms with van der Waals surface area (Å²) >= 11 is 5.56. The Morgan fingerprint density at radius 1 is 1.18 bits per heavy atom. The van der Waals surface area contributed by atoms with Gasteiger partial charge >= 0.3 is 0 Å². The first-order chi connectivity index (χ1) is 8.13. The maximum absolute atomic E-state index is 11.6. The molecular formula is C13H22ClNO2. The van der Waals surface area contributed by atoms with E-state index in [1.807, 2.05) is 0 Å². The fourth-order valence-electron chi connectivity index (χ4n) is 2.32. The van der Waals surface area contributed by atoms with Crippen molar-refractivity contribution in [1.82, 2.24) is 5.32 Å². The zero-order valence-electron chi connectivity index (χ0n) is 10.5. The van der Waals surface area contributed by atoms with Crippen molar-refractivity contribution in [3.63, 3.8) is 0 Å². The van der Waals surface area contributed by atoms with Crippen molar-refractivity contribution in [2.45, 2.75) is 57.9 Å². The molecule has 0 aromatic carbocycles. The van der Waals surface area contributed by atoms with Crippen LogP contribution in [0.4, 0.5) is 0 Å². The van der Waals surface area contributed by atoms with Crippen LogP contribution in [0.2, 0.25) is 0 Å². The van der Waals surface area contributed by atoms with Gasteiger partial charge in [-0.1, -0.05) is 0 Å². The fourth-order valence-corrected chi connectivity index (χ4v) is 2.51. The van der Waals surface area contributed by atoms with E-state index in [-0.39, 0.29) is 23.7 Å². The molecule has 0 aliphatic heterocycles. The fraction of sp³-hybridized carbons (Fsp3) is 0.846. The summed E-state index contributed by atoms with van der Waals surface area (Å²) in [5, 5.41) is 3.04. The van der Waals surface area contributed by atoms with Gasteiger partial charge in [0, 0.05) is 24.3 Å². The van der Waals surface area contributed by atoms with E-state index in [2.05, 4.69) is 5.32 Å². The van der Waals surface area contributed by atoms with Crippen LogP contribution in [0, 0.1) is 5.92 Å². The Morgan fingerprint density at radius 2 is 1.82 bits per heavy atom. The Kier molecular flexibility index (Phi) is 6.56. The van der Waals surface area contributed by atoms with E-state index in [9.17, 15) is 9.59 Å². The van der Waals surface area contributed by atoms with Gasteiger partial charge in [0.05, 0.1) is 0 Å². The second-order valence-electron chi connectivity index (χ2n) is 4.87. The number of unbranched alkanes of at least 4 members (excludes halogenated alkanes) is 1. The maximum atomic E-state index is 11.6. The first-order valence-electron chi connectivity index (χ1n) is 6.49. The van der Waals surface area contributed by atoms with E-state index >= 15 is 0 Å². The number of alkyl halides is 1. The number of carbonyl (C=O) groups excluding carboxylic acids is 2. The summed E-state index contributed by atoms with van der Waals surface area (Å²) in [6.07, 6.45) is 6.03. The molecule has 0 radical (unpaired) electrons. The molecule has 0 spiro atoms. The van der Waals surface area contributed by atoms with Crippen LogP contribution in [0.1, 0.15) is 51.9 Å². The molecular weight excluding hydrogens is 238 g/mol. The third-order valence-electron chi connectivity index (χ3n) is 3.45. The molecule has 1 aliphatic carbocycles. The molecule has 1 fully saturated rings. The first kappa shape index (κ1) is 14.5. The highest BCUT2D eigenvalue weighted by Gasteiger charge is 2.24. The van der Waals surface area contributed by atoms with E-state index < -0.39 is 0 Å². The molecule has 0 aromatic heterocycles. The molecule has 0 unspecified atom stereocenters. The molecule has 4 heteroatoms. The molecule has 0 atom stereocenters. The molecule has 1 N–H and O–H groups in total. The third kappa shape index (κ3) is 5.53. The summed E-state index contributed by atoms with van der Waals surface area (Å²) < 4.78 is 0. The number of amides is 1. The van der Waals surface area contributed by atoms with Crippen molar-refractivity contribution in [3.05, 3.63) is 0 Å². The topological polar surface area (TPSA) is 46.2 Å². The summed E-state index contributed by atoms with van der Waals surface area (Å²) in [5.74, 6) is 1.26. The summed E-state index contributed by atoms with van der Waals surface area (Å²) in [5.41, 5.74) is 0. The van der Waals surface area contributed by atoms with Gasteiger partial charge in [-0.15, -0.1) is 11.6 Å². The van der Waals surface area contributed by atoms with Gasteiger partial charge in [0.1, 0.15) is 5.78 Å². The molecule has 0 heterocycles. The van der Waals surface area contributed by atoms with Gasteiger partial charge in [-0.3, -0.25) is 9.59 Å². The van der Waals surface area contributed by atoms with Crippen LogP contribution in [0.15, 0.2) is 0 Å². The molecule has 3 nitrogen and oxygen atoms in total. The lowest BCUT2D eigenvalue weighted by atomic mass is 9.84. The molecule has 98 valence electrons. The SMILES string of the molecule is CC(=O)C1CCC(NC(=O)CCCCCl)CC1. The van der Waals surface area contributed by atoms with E-state index in [1.165, 1.54) is 0 Å². The number of rotatable bonds is 6. The van der Waals surface area contributed by atoms with Crippen LogP contribution < -0.4 is 5.32 Å². The number of hydrogen-bond acceptors (Lipinski definition) is 2. The average molecular weight is 260 g/mol. The van der Waals surface area contributed by atoms with Gasteiger partial charge in [-0.2, -0.15) is 0 Å². The van der Waals surface area contributed by atoms with Crippen LogP contribution in [-0.4, -0.2) is 23.6 Å². The molecule has 1 aliphatic rings. The van der Waals surface area contributed by atoms with Crippen molar-refractivity contribution < 1.29 is 9.59 Å². The highest BCUT2D eigenvalue weighted by atomic mass is 35.5. The normalized spacial score (nSPS) is 24.4. The van der Waals surface area contributed by atoms with Crippen LogP contribution in [-0.2, 0) is 9.59 Å². The summed E-state index contributed by atoms with van der Waals surface area (Å²) in [6, 6.07) is 0.272. The quantitative estimate of drug-likeness (QED) is 0.589. The van der Waals surface area contributed by atoms with Crippen LogP contribution in [0.3, 0.4) is 0 Å². The minimum atomic E-state index is 0.126. The number of Topliss-reactive ketones (excluding diaryl/α,β-unsaturated/α-hetero) is 1. The minimum Gasteiger partial charge on any atom is -0.353 e. The van der Waals surface area contributed by atoms with Crippen LogP contribution in [0.5, 0.6) is 0 Å². The molecule has 0 aromatic rings. The Labute approximate surface area is 108 Å². The number of carbonyl (C=O) groups is 2. The molecule has 1 amide bonds. The summed E-state index contributed by atoms with van der Waals surface area (Å²) in [4.78, 5) is 22.8. The maximum Gasteiger partial charge on any atom is 0.220 e. The van der Waals surface area contributed by atoms with Gasteiger partial charge in [0.25, 0.3) is 0 Å².